The van der Waals surface area contributed by atoms with Gasteiger partial charge in [0, 0.05) is 17.4 Å². The van der Waals surface area contributed by atoms with Gasteiger partial charge in [0.1, 0.15) is 17.2 Å². The molecule has 0 aliphatic carbocycles. The molecule has 7 nitrogen and oxygen atoms in total. The largest absolute Gasteiger partial charge is 0.508 e. The van der Waals surface area contributed by atoms with E-state index in [1.807, 2.05) is 24.3 Å². The number of halogens is 1. The predicted octanol–water partition coefficient (Wildman–Crippen LogP) is 5.24. The molecule has 0 atom stereocenters. The van der Waals surface area contributed by atoms with Crippen molar-refractivity contribution in [3.63, 3.8) is 0 Å². The maximum atomic E-state index is 13.4. The number of ether oxygens (including phenoxy) is 1. The Morgan fingerprint density at radius 1 is 0.879 bits per heavy atom. The monoisotopic (exact) mass is 456 g/mol. The average Bonchev–Trinajstić information content (AvgIpc) is 3.37. The van der Waals surface area contributed by atoms with Crippen molar-refractivity contribution in [1.29, 1.82) is 0 Å². The summed E-state index contributed by atoms with van der Waals surface area (Å²) in [5, 5.41) is 14.4. The number of imidazole rings is 1. The van der Waals surface area contributed by atoms with E-state index in [4.69, 9.17) is 16.3 Å². The van der Waals surface area contributed by atoms with Crippen LogP contribution in [-0.4, -0.2) is 24.4 Å². The second-order valence-electron chi connectivity index (χ2n) is 7.20. The zero-order valence-electron chi connectivity index (χ0n) is 17.2. The van der Waals surface area contributed by atoms with Gasteiger partial charge in [-0.2, -0.15) is 9.78 Å². The Morgan fingerprint density at radius 2 is 1.55 bits per heavy atom. The highest BCUT2D eigenvalue weighted by molar-refractivity contribution is 6.30. The lowest BCUT2D eigenvalue weighted by Gasteiger charge is -2.14. The fourth-order valence-corrected chi connectivity index (χ4v) is 3.49. The Labute approximate surface area is 193 Å². The Bertz CT molecular complexity index is 1440. The second-order valence-corrected chi connectivity index (χ2v) is 7.63. The van der Waals surface area contributed by atoms with Crippen molar-refractivity contribution in [3.05, 3.63) is 113 Å². The molecule has 2 heterocycles. The molecule has 3 aromatic carbocycles. The number of phenolic OH excluding ortho intramolecular Hbond substituents is 1. The number of hydrogen-bond acceptors (Lipinski definition) is 5. The topological polar surface area (TPSA) is 82.2 Å². The molecule has 0 fully saturated rings. The van der Waals surface area contributed by atoms with Crippen molar-refractivity contribution in [1.82, 2.24) is 19.3 Å². The first kappa shape index (κ1) is 20.5. The van der Waals surface area contributed by atoms with E-state index in [1.54, 1.807) is 78.0 Å². The molecular weight excluding hydrogens is 440 g/mol. The first-order chi connectivity index (χ1) is 16.1. The number of aromatic nitrogens is 4. The van der Waals surface area contributed by atoms with Crippen LogP contribution in [0.25, 0.3) is 22.5 Å². The van der Waals surface area contributed by atoms with E-state index in [0.29, 0.717) is 22.1 Å². The molecule has 0 unspecified atom stereocenters. The molecule has 5 rings (SSSR count). The van der Waals surface area contributed by atoms with Crippen molar-refractivity contribution in [3.8, 4) is 39.8 Å². The minimum absolute atomic E-state index is 0.107. The summed E-state index contributed by atoms with van der Waals surface area (Å²) in [5.74, 6) is 0.806. The molecule has 0 spiro atoms. The average molecular weight is 457 g/mol. The lowest BCUT2D eigenvalue weighted by molar-refractivity contribution is 0.464. The summed E-state index contributed by atoms with van der Waals surface area (Å²) < 4.78 is 9.00. The third kappa shape index (κ3) is 4.22. The summed E-state index contributed by atoms with van der Waals surface area (Å²) in [7, 11) is 0. The van der Waals surface area contributed by atoms with Gasteiger partial charge in [0.15, 0.2) is 0 Å². The minimum atomic E-state index is -0.425. The van der Waals surface area contributed by atoms with Gasteiger partial charge in [0.25, 0.3) is 0 Å². The van der Waals surface area contributed by atoms with Gasteiger partial charge in [-0.25, -0.2) is 4.98 Å². The summed E-state index contributed by atoms with van der Waals surface area (Å²) in [6.45, 7) is 0. The van der Waals surface area contributed by atoms with Crippen molar-refractivity contribution in [2.45, 2.75) is 0 Å². The van der Waals surface area contributed by atoms with Crippen molar-refractivity contribution >= 4 is 11.6 Å². The standard InChI is InChI=1S/C25H17ClN4O3/c26-19-5-7-20(8-6-19)30-25(32)24(23(15-28-30)29-14-13-27-16-29)33-22-11-3-18(4-12-22)17-1-9-21(31)10-2-17/h1-16,31H. The van der Waals surface area contributed by atoms with Crippen LogP contribution in [0.3, 0.4) is 0 Å². The number of rotatable bonds is 5. The molecule has 0 bridgehead atoms. The Hall–Kier alpha value is -4.36. The molecule has 5 aromatic rings. The molecular formula is C25H17ClN4O3. The molecule has 0 aliphatic rings. The summed E-state index contributed by atoms with van der Waals surface area (Å²) in [4.78, 5) is 17.4. The lowest BCUT2D eigenvalue weighted by Crippen LogP contribution is -2.23. The van der Waals surface area contributed by atoms with E-state index in [9.17, 15) is 9.90 Å². The van der Waals surface area contributed by atoms with Gasteiger partial charge in [-0.15, -0.1) is 0 Å². The summed E-state index contributed by atoms with van der Waals surface area (Å²) in [5.41, 5.74) is 2.50. The molecule has 33 heavy (non-hydrogen) atoms. The molecule has 162 valence electrons. The first-order valence-electron chi connectivity index (χ1n) is 10.0. The summed E-state index contributed by atoms with van der Waals surface area (Å²) >= 11 is 5.98. The number of hydrogen-bond donors (Lipinski definition) is 1. The van der Waals surface area contributed by atoms with Crippen LogP contribution in [0.2, 0.25) is 5.02 Å². The number of aromatic hydroxyl groups is 1. The van der Waals surface area contributed by atoms with E-state index in [2.05, 4.69) is 10.1 Å². The van der Waals surface area contributed by atoms with Crippen LogP contribution in [0.5, 0.6) is 17.2 Å². The quantitative estimate of drug-likeness (QED) is 0.391. The third-order valence-electron chi connectivity index (χ3n) is 5.04. The molecule has 0 saturated carbocycles. The molecule has 8 heteroatoms. The highest BCUT2D eigenvalue weighted by atomic mass is 35.5. The predicted molar refractivity (Wildman–Crippen MR) is 126 cm³/mol. The van der Waals surface area contributed by atoms with Gasteiger partial charge in [-0.05, 0) is 59.7 Å². The summed E-state index contributed by atoms with van der Waals surface area (Å²) in [6, 6.07) is 21.1. The number of benzene rings is 3. The highest BCUT2D eigenvalue weighted by Gasteiger charge is 2.17. The second kappa shape index (κ2) is 8.64. The van der Waals surface area contributed by atoms with E-state index < -0.39 is 5.56 Å². The van der Waals surface area contributed by atoms with E-state index in [-0.39, 0.29) is 11.5 Å². The maximum Gasteiger partial charge on any atom is 0.316 e. The molecule has 1 N–H and O–H groups in total. The highest BCUT2D eigenvalue weighted by Crippen LogP contribution is 2.28. The van der Waals surface area contributed by atoms with Crippen LogP contribution in [0, 0.1) is 0 Å². The van der Waals surface area contributed by atoms with Crippen LogP contribution in [-0.2, 0) is 0 Å². The fraction of sp³-hybridized carbons (Fsp3) is 0. The van der Waals surface area contributed by atoms with Crippen molar-refractivity contribution in [2.75, 3.05) is 0 Å². The first-order valence-corrected chi connectivity index (χ1v) is 10.4. The molecule has 0 radical (unpaired) electrons. The molecule has 2 aromatic heterocycles. The summed E-state index contributed by atoms with van der Waals surface area (Å²) in [6.07, 6.45) is 6.45. The van der Waals surface area contributed by atoms with Gasteiger partial charge in [-0.1, -0.05) is 35.9 Å². The number of phenols is 1. The van der Waals surface area contributed by atoms with Crippen LogP contribution >= 0.6 is 11.6 Å². The van der Waals surface area contributed by atoms with Crippen molar-refractivity contribution < 1.29 is 9.84 Å². The van der Waals surface area contributed by atoms with Gasteiger partial charge in [0.2, 0.25) is 5.75 Å². The minimum Gasteiger partial charge on any atom is -0.508 e. The van der Waals surface area contributed by atoms with Gasteiger partial charge < -0.3 is 14.4 Å². The normalized spacial score (nSPS) is 10.8. The van der Waals surface area contributed by atoms with Crippen LogP contribution in [0.1, 0.15) is 0 Å². The molecule has 0 aliphatic heterocycles. The number of nitrogens with zero attached hydrogens (tertiary/aromatic N) is 4. The van der Waals surface area contributed by atoms with Gasteiger partial charge in [-0.3, -0.25) is 4.79 Å². The van der Waals surface area contributed by atoms with Gasteiger partial charge in [0.05, 0.1) is 18.2 Å². The van der Waals surface area contributed by atoms with Crippen LogP contribution in [0.15, 0.2) is 103 Å². The van der Waals surface area contributed by atoms with E-state index in [1.165, 1.54) is 4.68 Å². The SMILES string of the molecule is O=c1c(Oc2ccc(-c3ccc(O)cc3)cc2)c(-n2ccnc2)cnn1-c1ccc(Cl)cc1. The molecule has 0 saturated heterocycles. The smallest absolute Gasteiger partial charge is 0.316 e. The zero-order valence-corrected chi connectivity index (χ0v) is 17.9. The van der Waals surface area contributed by atoms with E-state index >= 15 is 0 Å². The van der Waals surface area contributed by atoms with Gasteiger partial charge >= 0.3 is 5.56 Å². The maximum absolute atomic E-state index is 13.4. The van der Waals surface area contributed by atoms with E-state index in [0.717, 1.165) is 11.1 Å². The lowest BCUT2D eigenvalue weighted by atomic mass is 10.1. The fourth-order valence-electron chi connectivity index (χ4n) is 3.36. The Balaban J connectivity index is 1.54. The van der Waals surface area contributed by atoms with Crippen LogP contribution in [0.4, 0.5) is 0 Å². The zero-order chi connectivity index (χ0) is 22.8. The van der Waals surface area contributed by atoms with Crippen LogP contribution < -0.4 is 10.3 Å². The molecule has 0 amide bonds. The van der Waals surface area contributed by atoms with Crippen molar-refractivity contribution in [2.24, 2.45) is 0 Å². The Morgan fingerprint density at radius 3 is 2.18 bits per heavy atom. The third-order valence-corrected chi connectivity index (χ3v) is 5.30. The Kier molecular flexibility index (Phi) is 5.38.